The van der Waals surface area contributed by atoms with Crippen molar-refractivity contribution >= 4 is 29.7 Å². The first-order chi connectivity index (χ1) is 14.3. The monoisotopic (exact) mass is 396 g/mol. The standard InChI is InChI=1S/C25H20N2OS/c26-16-22-20(15-14-18-8-3-1-4-9-18)21-12-7-13-23(21)27-25(22)29-17-24(28)19-10-5-2-6-11-19/h1-6,8-11,14-15H,7,12-13,17H2. The first kappa shape index (κ1) is 19.2. The zero-order chi connectivity index (χ0) is 20.1. The summed E-state index contributed by atoms with van der Waals surface area (Å²) < 4.78 is 0. The van der Waals surface area contributed by atoms with Gasteiger partial charge >= 0.3 is 0 Å². The van der Waals surface area contributed by atoms with Crippen LogP contribution in [0.5, 0.6) is 0 Å². The number of carbonyl (C=O) groups is 1. The van der Waals surface area contributed by atoms with Crippen LogP contribution in [0.15, 0.2) is 65.7 Å². The molecular formula is C25H20N2OS. The Hall–Kier alpha value is -3.16. The van der Waals surface area contributed by atoms with Crippen LogP contribution in [0.1, 0.15) is 44.7 Å². The van der Waals surface area contributed by atoms with Crippen molar-refractivity contribution in [3.8, 4) is 6.07 Å². The average Bonchev–Trinajstić information content (AvgIpc) is 3.25. The predicted octanol–water partition coefficient (Wildman–Crippen LogP) is 5.59. The highest BCUT2D eigenvalue weighted by Crippen LogP contribution is 2.33. The average molecular weight is 397 g/mol. The van der Waals surface area contributed by atoms with Gasteiger partial charge in [0.15, 0.2) is 5.78 Å². The molecule has 0 saturated heterocycles. The first-order valence-electron chi connectivity index (χ1n) is 9.66. The number of hydrogen-bond acceptors (Lipinski definition) is 4. The number of pyridine rings is 1. The van der Waals surface area contributed by atoms with Crippen LogP contribution < -0.4 is 0 Å². The number of Topliss-reactive ketones (excluding diaryl/α,β-unsaturated/α-hetero) is 1. The summed E-state index contributed by atoms with van der Waals surface area (Å²) in [5.41, 5.74) is 5.54. The fourth-order valence-electron chi connectivity index (χ4n) is 3.57. The SMILES string of the molecule is N#Cc1c(SCC(=O)c2ccccc2)nc2c(c1C=Cc1ccccc1)CCC2. The van der Waals surface area contributed by atoms with Crippen LogP contribution >= 0.6 is 11.8 Å². The lowest BCUT2D eigenvalue weighted by molar-refractivity contribution is 0.102. The van der Waals surface area contributed by atoms with E-state index in [1.165, 1.54) is 17.3 Å². The number of rotatable bonds is 6. The summed E-state index contributed by atoms with van der Waals surface area (Å²) in [5.74, 6) is 0.315. The van der Waals surface area contributed by atoms with E-state index >= 15 is 0 Å². The van der Waals surface area contributed by atoms with Crippen molar-refractivity contribution in [2.45, 2.75) is 24.3 Å². The summed E-state index contributed by atoms with van der Waals surface area (Å²) in [6, 6.07) is 21.7. The Bertz CT molecular complexity index is 1100. The minimum atomic E-state index is 0.0446. The zero-order valence-corrected chi connectivity index (χ0v) is 16.8. The highest BCUT2D eigenvalue weighted by molar-refractivity contribution is 8.00. The normalized spacial score (nSPS) is 12.7. The Labute approximate surface area is 175 Å². The molecule has 4 heteroatoms. The molecule has 1 aromatic heterocycles. The largest absolute Gasteiger partial charge is 0.293 e. The second-order valence-electron chi connectivity index (χ2n) is 6.92. The maximum atomic E-state index is 12.5. The molecule has 0 N–H and O–H groups in total. The van der Waals surface area contributed by atoms with Crippen molar-refractivity contribution in [1.29, 1.82) is 5.26 Å². The summed E-state index contributed by atoms with van der Waals surface area (Å²) in [6.45, 7) is 0. The van der Waals surface area contributed by atoms with Crippen molar-refractivity contribution in [3.05, 3.63) is 94.2 Å². The maximum Gasteiger partial charge on any atom is 0.173 e. The lowest BCUT2D eigenvalue weighted by Crippen LogP contribution is -2.05. The van der Waals surface area contributed by atoms with Crippen LogP contribution in [0.3, 0.4) is 0 Å². The van der Waals surface area contributed by atoms with Gasteiger partial charge in [0.2, 0.25) is 0 Å². The van der Waals surface area contributed by atoms with Gasteiger partial charge in [-0.25, -0.2) is 4.98 Å². The van der Waals surface area contributed by atoms with Gasteiger partial charge in [-0.1, -0.05) is 84.6 Å². The van der Waals surface area contributed by atoms with Crippen LogP contribution in [-0.2, 0) is 12.8 Å². The molecule has 0 amide bonds. The Balaban J connectivity index is 1.65. The molecule has 0 unspecified atom stereocenters. The molecule has 0 bridgehead atoms. The number of carbonyl (C=O) groups excluding carboxylic acids is 1. The molecule has 0 atom stereocenters. The van der Waals surface area contributed by atoms with E-state index in [-0.39, 0.29) is 11.5 Å². The smallest absolute Gasteiger partial charge is 0.173 e. The number of ketones is 1. The van der Waals surface area contributed by atoms with Gasteiger partial charge in [-0.05, 0) is 36.0 Å². The molecule has 0 fully saturated rings. The summed E-state index contributed by atoms with van der Waals surface area (Å²) in [4.78, 5) is 17.3. The number of nitrogens with zero attached hydrogens (tertiary/aromatic N) is 2. The van der Waals surface area contributed by atoms with Crippen molar-refractivity contribution in [1.82, 2.24) is 4.98 Å². The number of hydrogen-bond donors (Lipinski definition) is 0. The Morgan fingerprint density at radius 1 is 1.03 bits per heavy atom. The van der Waals surface area contributed by atoms with E-state index in [1.54, 1.807) is 0 Å². The predicted molar refractivity (Wildman–Crippen MR) is 118 cm³/mol. The molecule has 2 aromatic carbocycles. The highest BCUT2D eigenvalue weighted by Gasteiger charge is 2.22. The van der Waals surface area contributed by atoms with Crippen molar-refractivity contribution in [3.63, 3.8) is 0 Å². The third-order valence-electron chi connectivity index (χ3n) is 5.02. The summed E-state index contributed by atoms with van der Waals surface area (Å²) in [7, 11) is 0. The van der Waals surface area contributed by atoms with E-state index in [1.807, 2.05) is 72.8 Å². The van der Waals surface area contributed by atoms with E-state index in [0.717, 1.165) is 36.1 Å². The molecule has 0 spiro atoms. The molecule has 142 valence electrons. The number of nitriles is 1. The second kappa shape index (κ2) is 8.89. The van der Waals surface area contributed by atoms with Crippen molar-refractivity contribution < 1.29 is 4.79 Å². The summed E-state index contributed by atoms with van der Waals surface area (Å²) in [6.07, 6.45) is 6.99. The maximum absolute atomic E-state index is 12.5. The number of fused-ring (bicyclic) bond motifs is 1. The van der Waals surface area contributed by atoms with Gasteiger partial charge < -0.3 is 0 Å². The van der Waals surface area contributed by atoms with Gasteiger partial charge in [-0.15, -0.1) is 0 Å². The Morgan fingerprint density at radius 3 is 2.48 bits per heavy atom. The van der Waals surface area contributed by atoms with Crippen LogP contribution in [0.25, 0.3) is 12.2 Å². The molecule has 3 aromatic rings. The fourth-order valence-corrected chi connectivity index (χ4v) is 4.48. The van der Waals surface area contributed by atoms with Gasteiger partial charge in [0.1, 0.15) is 11.1 Å². The van der Waals surface area contributed by atoms with Crippen LogP contribution in [0.2, 0.25) is 0 Å². The number of benzene rings is 2. The Kier molecular flexibility index (Phi) is 5.88. The molecule has 1 aliphatic rings. The second-order valence-corrected chi connectivity index (χ2v) is 7.88. The quantitative estimate of drug-likeness (QED) is 0.403. The van der Waals surface area contributed by atoms with Gasteiger partial charge in [-0.3, -0.25) is 4.79 Å². The first-order valence-corrected chi connectivity index (χ1v) is 10.6. The zero-order valence-electron chi connectivity index (χ0n) is 16.0. The van der Waals surface area contributed by atoms with E-state index < -0.39 is 0 Å². The van der Waals surface area contributed by atoms with Gasteiger partial charge in [0.25, 0.3) is 0 Å². The molecule has 4 rings (SSSR count). The number of aromatic nitrogens is 1. The summed E-state index contributed by atoms with van der Waals surface area (Å²) >= 11 is 1.36. The van der Waals surface area contributed by atoms with Gasteiger partial charge in [0, 0.05) is 11.3 Å². The van der Waals surface area contributed by atoms with Crippen LogP contribution in [-0.4, -0.2) is 16.5 Å². The lowest BCUT2D eigenvalue weighted by atomic mass is 10.0. The fraction of sp³-hybridized carbons (Fsp3) is 0.160. The third kappa shape index (κ3) is 4.31. The van der Waals surface area contributed by atoms with Crippen molar-refractivity contribution in [2.24, 2.45) is 0 Å². The van der Waals surface area contributed by atoms with Crippen LogP contribution in [0, 0.1) is 11.3 Å². The Morgan fingerprint density at radius 2 is 1.76 bits per heavy atom. The highest BCUT2D eigenvalue weighted by atomic mass is 32.2. The molecular weight excluding hydrogens is 376 g/mol. The van der Waals surface area contributed by atoms with Gasteiger partial charge in [-0.2, -0.15) is 5.26 Å². The molecule has 0 radical (unpaired) electrons. The van der Waals surface area contributed by atoms with Crippen molar-refractivity contribution in [2.75, 3.05) is 5.75 Å². The minimum Gasteiger partial charge on any atom is -0.293 e. The van der Waals surface area contributed by atoms with E-state index in [4.69, 9.17) is 4.98 Å². The minimum absolute atomic E-state index is 0.0446. The van der Waals surface area contributed by atoms with E-state index in [0.29, 0.717) is 16.2 Å². The topological polar surface area (TPSA) is 53.8 Å². The molecule has 1 aliphatic carbocycles. The molecule has 1 heterocycles. The molecule has 0 saturated carbocycles. The van der Waals surface area contributed by atoms with Crippen LogP contribution in [0.4, 0.5) is 0 Å². The number of aryl methyl sites for hydroxylation is 1. The molecule has 0 aliphatic heterocycles. The van der Waals surface area contributed by atoms with E-state index in [2.05, 4.69) is 6.07 Å². The van der Waals surface area contributed by atoms with E-state index in [9.17, 15) is 10.1 Å². The van der Waals surface area contributed by atoms with Gasteiger partial charge in [0.05, 0.1) is 11.3 Å². The number of thioether (sulfide) groups is 1. The summed E-state index contributed by atoms with van der Waals surface area (Å²) in [5, 5.41) is 10.5. The lowest BCUT2D eigenvalue weighted by Gasteiger charge is -2.11. The molecule has 29 heavy (non-hydrogen) atoms. The molecule has 3 nitrogen and oxygen atoms in total. The third-order valence-corrected chi connectivity index (χ3v) is 6.00.